The first-order valence-electron chi connectivity index (χ1n) is 14.6. The zero-order chi connectivity index (χ0) is 25.4. The fourth-order valence-electron chi connectivity index (χ4n) is 9.93. The summed E-state index contributed by atoms with van der Waals surface area (Å²) in [6, 6.07) is 0. The van der Waals surface area contributed by atoms with Gasteiger partial charge in [-0.25, -0.2) is 0 Å². The van der Waals surface area contributed by atoms with Crippen LogP contribution in [0.1, 0.15) is 92.4 Å². The molecule has 0 radical (unpaired) electrons. The molecular formula is C30H52O5. The second-order valence-corrected chi connectivity index (χ2v) is 13.3. The number of hydrogen-bond acceptors (Lipinski definition) is 5. The van der Waals surface area contributed by atoms with Gasteiger partial charge in [0.15, 0.2) is 6.79 Å². The van der Waals surface area contributed by atoms with E-state index >= 15 is 0 Å². The molecule has 4 saturated carbocycles. The third-order valence-electron chi connectivity index (χ3n) is 11.7. The van der Waals surface area contributed by atoms with Crippen LogP contribution in [0.15, 0.2) is 0 Å². The van der Waals surface area contributed by atoms with Gasteiger partial charge in [0.1, 0.15) is 0 Å². The first-order chi connectivity index (χ1) is 16.7. The van der Waals surface area contributed by atoms with Crippen molar-refractivity contribution in [1.82, 2.24) is 0 Å². The molecule has 0 spiro atoms. The van der Waals surface area contributed by atoms with Crippen molar-refractivity contribution < 1.29 is 24.1 Å². The predicted octanol–water partition coefficient (Wildman–Crippen LogP) is 6.08. The number of ether oxygens (including phenoxy) is 3. The van der Waals surface area contributed by atoms with Crippen molar-refractivity contribution in [2.24, 2.45) is 58.2 Å². The summed E-state index contributed by atoms with van der Waals surface area (Å²) >= 11 is 0. The van der Waals surface area contributed by atoms with Crippen LogP contribution in [0.3, 0.4) is 0 Å². The highest BCUT2D eigenvalue weighted by Gasteiger charge is 2.64. The van der Waals surface area contributed by atoms with E-state index in [2.05, 4.69) is 34.6 Å². The molecule has 5 heteroatoms. The Bertz CT molecular complexity index is 726. The molecule has 4 rings (SSSR count). The zero-order valence-corrected chi connectivity index (χ0v) is 23.3. The van der Waals surface area contributed by atoms with E-state index in [-0.39, 0.29) is 30.2 Å². The maximum absolute atomic E-state index is 12.5. The summed E-state index contributed by atoms with van der Waals surface area (Å²) in [5.74, 6) is 4.20. The smallest absolute Gasteiger partial charge is 0.308 e. The maximum Gasteiger partial charge on any atom is 0.308 e. The van der Waals surface area contributed by atoms with Gasteiger partial charge < -0.3 is 19.3 Å². The van der Waals surface area contributed by atoms with E-state index in [0.717, 1.165) is 12.3 Å². The SMILES string of the molecule is CC[C@H]1[C@@H](O)[C@@H]2[C@H](CC[C@]3(C)[C@@H]([C@H](C)CC(=O)OCOCCOC)CC[C@@H]23)[C@@]2(C)CC[C@@H](C)C[C@@H]12. The van der Waals surface area contributed by atoms with Crippen molar-refractivity contribution in [2.75, 3.05) is 27.1 Å². The molecule has 0 aromatic carbocycles. The van der Waals surface area contributed by atoms with Gasteiger partial charge in [0.2, 0.25) is 0 Å². The highest BCUT2D eigenvalue weighted by Crippen LogP contribution is 2.69. The number of aliphatic hydroxyl groups excluding tert-OH is 1. The first kappa shape index (κ1) is 27.4. The van der Waals surface area contributed by atoms with Gasteiger partial charge in [0.25, 0.3) is 0 Å². The van der Waals surface area contributed by atoms with Crippen LogP contribution in [0.5, 0.6) is 0 Å². The number of esters is 1. The van der Waals surface area contributed by atoms with Crippen LogP contribution in [-0.4, -0.2) is 44.3 Å². The summed E-state index contributed by atoms with van der Waals surface area (Å²) in [5.41, 5.74) is 0.592. The van der Waals surface area contributed by atoms with E-state index in [9.17, 15) is 9.90 Å². The lowest BCUT2D eigenvalue weighted by Gasteiger charge is -2.65. The number of rotatable bonds is 9. The second kappa shape index (κ2) is 11.0. The van der Waals surface area contributed by atoms with Crippen molar-refractivity contribution in [3.8, 4) is 0 Å². The molecule has 1 N–H and O–H groups in total. The van der Waals surface area contributed by atoms with Crippen molar-refractivity contribution >= 4 is 5.97 Å². The maximum atomic E-state index is 12.5. The number of carbonyl (C=O) groups excluding carboxylic acids is 1. The van der Waals surface area contributed by atoms with Crippen molar-refractivity contribution in [1.29, 1.82) is 0 Å². The molecule has 0 unspecified atom stereocenters. The standard InChI is InChI=1S/C30H52O5/c1-7-21-25-16-19(2)10-12-30(25,5)24-11-13-29(4)22(8-9-23(29)27(24)28(21)32)20(3)17-26(31)35-18-34-15-14-33-6/h19-25,27-28,32H,7-18H2,1-6H3/t19-,20-,21-,22-,23+,24+,25+,27+,28-,29-,30-/m1/s1. The van der Waals surface area contributed by atoms with E-state index < -0.39 is 0 Å². The minimum atomic E-state index is -0.165. The third-order valence-corrected chi connectivity index (χ3v) is 11.7. The first-order valence-corrected chi connectivity index (χ1v) is 14.6. The molecule has 0 bridgehead atoms. The lowest BCUT2D eigenvalue weighted by Crippen LogP contribution is -2.61. The Hall–Kier alpha value is -0.650. The van der Waals surface area contributed by atoms with Gasteiger partial charge in [-0.15, -0.1) is 0 Å². The largest absolute Gasteiger partial charge is 0.438 e. The summed E-state index contributed by atoms with van der Waals surface area (Å²) < 4.78 is 15.6. The molecule has 4 aliphatic rings. The molecule has 5 nitrogen and oxygen atoms in total. The summed E-state index contributed by atoms with van der Waals surface area (Å²) in [7, 11) is 1.63. The highest BCUT2D eigenvalue weighted by atomic mass is 16.7. The minimum absolute atomic E-state index is 0.00614. The Morgan fingerprint density at radius 2 is 1.74 bits per heavy atom. The summed E-state index contributed by atoms with van der Waals surface area (Å²) in [5, 5.41) is 11.9. The van der Waals surface area contributed by atoms with Crippen LogP contribution in [0.25, 0.3) is 0 Å². The average molecular weight is 493 g/mol. The van der Waals surface area contributed by atoms with Crippen LogP contribution >= 0.6 is 0 Å². The van der Waals surface area contributed by atoms with Gasteiger partial charge in [0, 0.05) is 13.5 Å². The van der Waals surface area contributed by atoms with Crippen molar-refractivity contribution in [3.05, 3.63) is 0 Å². The fourth-order valence-corrected chi connectivity index (χ4v) is 9.93. The molecule has 4 fully saturated rings. The summed E-state index contributed by atoms with van der Waals surface area (Å²) in [6.07, 6.45) is 10.2. The molecule has 11 atom stereocenters. The molecule has 0 saturated heterocycles. The van der Waals surface area contributed by atoms with Gasteiger partial charge in [-0.3, -0.25) is 4.79 Å². The van der Waals surface area contributed by atoms with Crippen LogP contribution in [0, 0.1) is 58.2 Å². The van der Waals surface area contributed by atoms with Crippen LogP contribution < -0.4 is 0 Å². The Balaban J connectivity index is 1.45. The Labute approximate surface area is 214 Å². The van der Waals surface area contributed by atoms with Gasteiger partial charge in [-0.2, -0.15) is 0 Å². The van der Waals surface area contributed by atoms with Gasteiger partial charge >= 0.3 is 5.97 Å². The molecule has 0 aromatic heterocycles. The quantitative estimate of drug-likeness (QED) is 0.240. The Morgan fingerprint density at radius 3 is 2.46 bits per heavy atom. The molecule has 0 aromatic rings. The summed E-state index contributed by atoms with van der Waals surface area (Å²) in [6.45, 7) is 13.0. The molecule has 0 aliphatic heterocycles. The molecule has 35 heavy (non-hydrogen) atoms. The van der Waals surface area contributed by atoms with E-state index in [1.165, 1.54) is 44.9 Å². The lowest BCUT2D eigenvalue weighted by atomic mass is 9.41. The van der Waals surface area contributed by atoms with E-state index in [0.29, 0.717) is 60.6 Å². The Morgan fingerprint density at radius 1 is 1.03 bits per heavy atom. The second-order valence-electron chi connectivity index (χ2n) is 13.3. The number of aliphatic hydroxyl groups is 1. The van der Waals surface area contributed by atoms with Crippen LogP contribution in [0.2, 0.25) is 0 Å². The van der Waals surface area contributed by atoms with Crippen LogP contribution in [0.4, 0.5) is 0 Å². The van der Waals surface area contributed by atoms with E-state index in [1.54, 1.807) is 7.11 Å². The predicted molar refractivity (Wildman–Crippen MR) is 138 cm³/mol. The fraction of sp³-hybridized carbons (Fsp3) is 0.967. The monoisotopic (exact) mass is 492 g/mol. The topological polar surface area (TPSA) is 65.0 Å². The van der Waals surface area contributed by atoms with E-state index in [4.69, 9.17) is 14.2 Å². The van der Waals surface area contributed by atoms with E-state index in [1.807, 2.05) is 0 Å². The number of hydrogen-bond donors (Lipinski definition) is 1. The zero-order valence-electron chi connectivity index (χ0n) is 23.3. The minimum Gasteiger partial charge on any atom is -0.438 e. The van der Waals surface area contributed by atoms with Gasteiger partial charge in [-0.05, 0) is 96.7 Å². The number of methoxy groups -OCH3 is 1. The molecule has 202 valence electrons. The molecule has 0 heterocycles. The van der Waals surface area contributed by atoms with Gasteiger partial charge in [-0.1, -0.05) is 47.5 Å². The summed E-state index contributed by atoms with van der Waals surface area (Å²) in [4.78, 5) is 12.5. The average Bonchev–Trinajstić information content (AvgIpc) is 3.17. The molecule has 4 aliphatic carbocycles. The lowest BCUT2D eigenvalue weighted by molar-refractivity contribution is -0.198. The third kappa shape index (κ3) is 4.95. The van der Waals surface area contributed by atoms with Gasteiger partial charge in [0.05, 0.1) is 19.3 Å². The number of fused-ring (bicyclic) bond motifs is 5. The molecular weight excluding hydrogens is 440 g/mol. The van der Waals surface area contributed by atoms with Crippen molar-refractivity contribution in [3.63, 3.8) is 0 Å². The normalized spacial score (nSPS) is 45.8. The Kier molecular flexibility index (Phi) is 8.60. The highest BCUT2D eigenvalue weighted by molar-refractivity contribution is 5.69. The van der Waals surface area contributed by atoms with Crippen LogP contribution in [-0.2, 0) is 19.0 Å². The number of carbonyl (C=O) groups is 1. The molecule has 0 amide bonds. The van der Waals surface area contributed by atoms with Crippen molar-refractivity contribution in [2.45, 2.75) is 98.5 Å².